The van der Waals surface area contributed by atoms with Crippen molar-refractivity contribution < 1.29 is 39.5 Å². The van der Waals surface area contributed by atoms with E-state index in [9.17, 15) is 13.2 Å². The highest BCUT2D eigenvalue weighted by Gasteiger charge is 2.54. The summed E-state index contributed by atoms with van der Waals surface area (Å²) < 4.78 is 128. The maximum Gasteiger partial charge on any atom is 0.303 e. The molecule has 0 saturated carbocycles. The lowest BCUT2D eigenvalue weighted by molar-refractivity contribution is 0.0425. The minimum atomic E-state index is -4.51. The fraction of sp³-hybridized carbons (Fsp3) is 0.667. The normalized spacial score (nSPS) is 15.9. The topological polar surface area (TPSA) is 9.23 Å². The van der Waals surface area contributed by atoms with Crippen LogP contribution in [0.15, 0.2) is 0 Å². The van der Waals surface area contributed by atoms with Gasteiger partial charge < -0.3 is 4.43 Å². The van der Waals surface area contributed by atoms with Crippen LogP contribution in [-0.4, -0.2) is 16.4 Å². The first-order chi connectivity index (χ1) is 22.1. The van der Waals surface area contributed by atoms with E-state index in [1.54, 1.807) is 0 Å². The van der Waals surface area contributed by atoms with Gasteiger partial charge in [-0.25, -0.2) is 22.0 Å². The van der Waals surface area contributed by atoms with Gasteiger partial charge in [0.05, 0.1) is 13.6 Å². The fourth-order valence-corrected chi connectivity index (χ4v) is 15.4. The predicted molar refractivity (Wildman–Crippen MR) is 178 cm³/mol. The van der Waals surface area contributed by atoms with Gasteiger partial charge in [0.2, 0.25) is 5.82 Å². The Morgan fingerprint density at radius 3 is 1.85 bits per heavy atom. The van der Waals surface area contributed by atoms with Crippen molar-refractivity contribution in [1.29, 1.82) is 0 Å². The molecule has 0 bridgehead atoms. The molecular weight excluding hydrogens is 657 g/mol. The lowest BCUT2D eigenvalue weighted by Crippen LogP contribution is -2.46. The zero-order chi connectivity index (χ0) is 35.3. The lowest BCUT2D eigenvalue weighted by atomic mass is 9.96. The van der Waals surface area contributed by atoms with E-state index in [2.05, 4.69) is 34.6 Å². The second-order valence-electron chi connectivity index (χ2n) is 13.8. The Labute approximate surface area is 278 Å². The van der Waals surface area contributed by atoms with Crippen LogP contribution in [0.3, 0.4) is 0 Å². The maximum absolute atomic E-state index is 16.3. The number of fused-ring (bicyclic) bond motifs is 3. The molecule has 0 N–H and O–H groups in total. The van der Waals surface area contributed by atoms with Crippen LogP contribution in [0, 0.1) is 46.9 Å². The molecule has 11 heteroatoms. The number of benzene rings is 2. The molecule has 2 aromatic carbocycles. The molecule has 0 heterocycles. The van der Waals surface area contributed by atoms with Crippen LogP contribution in [0.2, 0.25) is 41.8 Å². The van der Waals surface area contributed by atoms with Crippen molar-refractivity contribution >= 4 is 16.4 Å². The Hall–Kier alpha value is -1.89. The minimum absolute atomic E-state index is 0.206. The summed E-state index contributed by atoms with van der Waals surface area (Å²) in [6, 6.07) is 6.68. The number of unbranched alkanes of at least 4 members (excludes halogenated alkanes) is 3. The third kappa shape index (κ3) is 7.81. The van der Waals surface area contributed by atoms with Gasteiger partial charge in [-0.05, 0) is 30.0 Å². The van der Waals surface area contributed by atoms with Gasteiger partial charge in [0.15, 0.2) is 34.8 Å². The molecule has 0 aromatic heterocycles. The van der Waals surface area contributed by atoms with E-state index in [1.807, 2.05) is 13.8 Å². The molecule has 2 atom stereocenters. The number of alkyl halides is 2. The van der Waals surface area contributed by atoms with E-state index in [0.717, 1.165) is 75.5 Å². The molecule has 1 nitrogen and oxygen atoms in total. The molecule has 0 spiro atoms. The SMILES string of the molecule is CCCCCCC(CC)CC[Si](CCC[Si](CC)(CC)CC)(Oc1c(F)c(F)c2c(c1F)C(F)(F)c1[c]c(F)c(F)c(F)c1-2)C(C)C. The molecule has 0 saturated heterocycles. The Morgan fingerprint density at radius 1 is 0.681 bits per heavy atom. The highest BCUT2D eigenvalue weighted by molar-refractivity contribution is 6.80. The largest absolute Gasteiger partial charge is 0.539 e. The van der Waals surface area contributed by atoms with Crippen LogP contribution < -0.4 is 4.43 Å². The first kappa shape index (κ1) is 39.6. The van der Waals surface area contributed by atoms with E-state index in [0.29, 0.717) is 18.0 Å². The summed E-state index contributed by atoms with van der Waals surface area (Å²) in [6.07, 6.45) is 7.79. The van der Waals surface area contributed by atoms with Crippen LogP contribution in [0.1, 0.15) is 111 Å². The number of halogens is 8. The van der Waals surface area contributed by atoms with E-state index < -0.39 is 85.2 Å². The first-order valence-corrected chi connectivity index (χ1v) is 22.7. The Bertz CT molecular complexity index is 1370. The lowest BCUT2D eigenvalue weighted by Gasteiger charge is -2.38. The van der Waals surface area contributed by atoms with Crippen molar-refractivity contribution in [3.05, 3.63) is 52.1 Å². The molecule has 1 aliphatic rings. The van der Waals surface area contributed by atoms with Crippen LogP contribution in [0.25, 0.3) is 11.1 Å². The van der Waals surface area contributed by atoms with Crippen molar-refractivity contribution in [2.24, 2.45) is 5.92 Å². The van der Waals surface area contributed by atoms with Crippen LogP contribution in [0.5, 0.6) is 5.75 Å². The summed E-state index contributed by atoms with van der Waals surface area (Å²) in [6.45, 7) is 14.6. The summed E-state index contributed by atoms with van der Waals surface area (Å²) in [5, 5.41) is 0. The minimum Gasteiger partial charge on any atom is -0.539 e. The van der Waals surface area contributed by atoms with Gasteiger partial charge in [0.25, 0.3) is 8.32 Å². The second-order valence-corrected chi connectivity index (χ2v) is 23.9. The van der Waals surface area contributed by atoms with E-state index in [-0.39, 0.29) is 5.54 Å². The number of hydrogen-bond acceptors (Lipinski definition) is 1. The quantitative estimate of drug-likeness (QED) is 0.0464. The van der Waals surface area contributed by atoms with Gasteiger partial charge >= 0.3 is 5.92 Å². The smallest absolute Gasteiger partial charge is 0.303 e. The van der Waals surface area contributed by atoms with Crippen molar-refractivity contribution in [2.75, 3.05) is 0 Å². The van der Waals surface area contributed by atoms with Gasteiger partial charge in [-0.1, -0.05) is 118 Å². The molecule has 1 radical (unpaired) electrons. The Morgan fingerprint density at radius 2 is 1.30 bits per heavy atom. The molecule has 3 rings (SSSR count). The standard InChI is InChI=1S/C36H51F8OSi2/c1-8-13-14-15-17-24(9-2)18-21-47(23(6)7,20-16-19-46(10-3,11-4)12-5)45-35-33(41)29-28(32(40)34(35)42)27-25(36(29,43)44)22-26(37)30(38)31(27)39/h23-24H,8-21H2,1-7H3. The predicted octanol–water partition coefficient (Wildman–Crippen LogP) is 13.5. The molecule has 0 fully saturated rings. The summed E-state index contributed by atoms with van der Waals surface area (Å²) in [7, 11) is -4.81. The maximum atomic E-state index is 16.3. The highest BCUT2D eigenvalue weighted by atomic mass is 28.4. The van der Waals surface area contributed by atoms with Gasteiger partial charge in [0, 0.05) is 22.8 Å². The van der Waals surface area contributed by atoms with Gasteiger partial charge in [-0.3, -0.25) is 0 Å². The van der Waals surface area contributed by atoms with Crippen LogP contribution in [0.4, 0.5) is 35.1 Å². The summed E-state index contributed by atoms with van der Waals surface area (Å²) in [4.78, 5) is 0. The van der Waals surface area contributed by atoms with E-state index in [4.69, 9.17) is 4.43 Å². The fourth-order valence-electron chi connectivity index (χ4n) is 7.43. The molecule has 0 aliphatic heterocycles. The summed E-state index contributed by atoms with van der Waals surface area (Å²) >= 11 is 0. The molecular formula is C36H51F8OSi2. The van der Waals surface area contributed by atoms with Crippen molar-refractivity contribution in [1.82, 2.24) is 0 Å². The molecule has 2 unspecified atom stereocenters. The third-order valence-electron chi connectivity index (χ3n) is 11.2. The summed E-state index contributed by atoms with van der Waals surface area (Å²) in [5.41, 5.74) is -6.39. The van der Waals surface area contributed by atoms with E-state index >= 15 is 22.0 Å². The summed E-state index contributed by atoms with van der Waals surface area (Å²) in [5.74, 6) is -17.6. The number of hydrogen-bond donors (Lipinski definition) is 0. The van der Waals surface area contributed by atoms with Crippen molar-refractivity contribution in [3.8, 4) is 16.9 Å². The first-order valence-electron chi connectivity index (χ1n) is 17.5. The van der Waals surface area contributed by atoms with Crippen molar-refractivity contribution in [2.45, 2.75) is 148 Å². The molecule has 0 amide bonds. The zero-order valence-electron chi connectivity index (χ0n) is 29.0. The van der Waals surface area contributed by atoms with Crippen molar-refractivity contribution in [3.63, 3.8) is 0 Å². The average Bonchev–Trinajstić information content (AvgIpc) is 3.28. The second kappa shape index (κ2) is 16.2. The van der Waals surface area contributed by atoms with Gasteiger partial charge in [-0.2, -0.15) is 13.2 Å². The monoisotopic (exact) mass is 707 g/mol. The van der Waals surface area contributed by atoms with Gasteiger partial charge in [0.1, 0.15) is 0 Å². The zero-order valence-corrected chi connectivity index (χ0v) is 31.0. The highest BCUT2D eigenvalue weighted by Crippen LogP contribution is 2.56. The van der Waals surface area contributed by atoms with E-state index in [1.165, 1.54) is 6.07 Å². The third-order valence-corrected chi connectivity index (χ3v) is 22.1. The Kier molecular flexibility index (Phi) is 13.6. The molecule has 2 aromatic rings. The van der Waals surface area contributed by atoms with Crippen LogP contribution in [-0.2, 0) is 5.92 Å². The van der Waals surface area contributed by atoms with Gasteiger partial charge in [-0.15, -0.1) is 0 Å². The molecule has 265 valence electrons. The molecule has 1 aliphatic carbocycles. The van der Waals surface area contributed by atoms with Crippen LogP contribution >= 0.6 is 0 Å². The molecule has 47 heavy (non-hydrogen) atoms. The number of rotatable bonds is 19. The average molecular weight is 708 g/mol. The Balaban J connectivity index is 2.12.